The SMILES string of the molecule is Nc1nc(N2CCCCC2)nn1C1CCS(=O)(=O)C1. The summed E-state index contributed by atoms with van der Waals surface area (Å²) in [5.41, 5.74) is 5.88. The second kappa shape index (κ2) is 4.66. The molecule has 2 aliphatic heterocycles. The van der Waals surface area contributed by atoms with E-state index >= 15 is 0 Å². The highest BCUT2D eigenvalue weighted by molar-refractivity contribution is 7.91. The normalized spacial score (nSPS) is 26.7. The number of hydrogen-bond acceptors (Lipinski definition) is 6. The maximum atomic E-state index is 11.5. The largest absolute Gasteiger partial charge is 0.368 e. The summed E-state index contributed by atoms with van der Waals surface area (Å²) in [5, 5.41) is 4.42. The highest BCUT2D eigenvalue weighted by Gasteiger charge is 2.32. The third kappa shape index (κ3) is 2.54. The Balaban J connectivity index is 1.81. The van der Waals surface area contributed by atoms with Crippen LogP contribution in [0.25, 0.3) is 0 Å². The summed E-state index contributed by atoms with van der Waals surface area (Å²) in [7, 11) is -2.93. The molecule has 0 radical (unpaired) electrons. The molecule has 0 saturated carbocycles. The Hall–Kier alpha value is -1.31. The molecule has 2 aliphatic rings. The fourth-order valence-corrected chi connectivity index (χ4v) is 4.48. The second-order valence-electron chi connectivity index (χ2n) is 5.32. The van der Waals surface area contributed by atoms with Crippen molar-refractivity contribution in [2.24, 2.45) is 0 Å². The van der Waals surface area contributed by atoms with Crippen molar-refractivity contribution in [3.05, 3.63) is 0 Å². The van der Waals surface area contributed by atoms with Gasteiger partial charge in [0.05, 0.1) is 17.5 Å². The number of anilines is 2. The molecule has 8 heteroatoms. The highest BCUT2D eigenvalue weighted by atomic mass is 32.2. The first-order valence-corrected chi connectivity index (χ1v) is 8.55. The van der Waals surface area contributed by atoms with Gasteiger partial charge in [-0.3, -0.25) is 0 Å². The van der Waals surface area contributed by atoms with Crippen molar-refractivity contribution in [1.82, 2.24) is 14.8 Å². The van der Waals surface area contributed by atoms with Crippen molar-refractivity contribution in [3.8, 4) is 0 Å². The average Bonchev–Trinajstić information content (AvgIpc) is 2.93. The lowest BCUT2D eigenvalue weighted by Crippen LogP contribution is -2.30. The van der Waals surface area contributed by atoms with Crippen molar-refractivity contribution >= 4 is 21.7 Å². The molecule has 106 valence electrons. The van der Waals surface area contributed by atoms with Crippen molar-refractivity contribution in [1.29, 1.82) is 0 Å². The molecule has 2 fully saturated rings. The van der Waals surface area contributed by atoms with Gasteiger partial charge in [-0.25, -0.2) is 13.1 Å². The number of sulfone groups is 1. The fraction of sp³-hybridized carbons (Fsp3) is 0.818. The lowest BCUT2D eigenvalue weighted by Gasteiger charge is -2.25. The van der Waals surface area contributed by atoms with Crippen LogP contribution in [0.4, 0.5) is 11.9 Å². The molecule has 19 heavy (non-hydrogen) atoms. The topological polar surface area (TPSA) is 94.1 Å². The molecule has 3 rings (SSSR count). The minimum Gasteiger partial charge on any atom is -0.368 e. The number of rotatable bonds is 2. The summed E-state index contributed by atoms with van der Waals surface area (Å²) in [5.74, 6) is 1.31. The van der Waals surface area contributed by atoms with Crippen LogP contribution in [0, 0.1) is 0 Å². The summed E-state index contributed by atoms with van der Waals surface area (Å²) in [6, 6.07) is -0.156. The third-order valence-electron chi connectivity index (χ3n) is 3.84. The molecule has 1 atom stereocenters. The quantitative estimate of drug-likeness (QED) is 0.835. The van der Waals surface area contributed by atoms with Gasteiger partial charge in [-0.05, 0) is 25.7 Å². The van der Waals surface area contributed by atoms with Gasteiger partial charge in [0, 0.05) is 13.1 Å². The molecule has 7 nitrogen and oxygen atoms in total. The van der Waals surface area contributed by atoms with Gasteiger partial charge in [0.15, 0.2) is 9.84 Å². The maximum absolute atomic E-state index is 11.5. The van der Waals surface area contributed by atoms with Crippen LogP contribution in [0.1, 0.15) is 31.7 Å². The first-order valence-electron chi connectivity index (χ1n) is 6.72. The zero-order valence-corrected chi connectivity index (χ0v) is 11.6. The minimum absolute atomic E-state index is 0.125. The minimum atomic E-state index is -2.93. The van der Waals surface area contributed by atoms with Crippen LogP contribution in [0.3, 0.4) is 0 Å². The number of nitrogens with two attached hydrogens (primary N) is 1. The van der Waals surface area contributed by atoms with Crippen LogP contribution < -0.4 is 10.6 Å². The Morgan fingerprint density at radius 1 is 1.21 bits per heavy atom. The second-order valence-corrected chi connectivity index (χ2v) is 7.55. The molecule has 0 aliphatic carbocycles. The van der Waals surface area contributed by atoms with Crippen LogP contribution in [-0.4, -0.2) is 47.8 Å². The summed E-state index contributed by atoms with van der Waals surface area (Å²) < 4.78 is 24.6. The Kier molecular flexibility index (Phi) is 3.12. The van der Waals surface area contributed by atoms with Gasteiger partial charge < -0.3 is 10.6 Å². The molecule has 0 amide bonds. The van der Waals surface area contributed by atoms with Gasteiger partial charge in [0.25, 0.3) is 0 Å². The lowest BCUT2D eigenvalue weighted by atomic mass is 10.1. The van der Waals surface area contributed by atoms with E-state index in [1.807, 2.05) is 0 Å². The van der Waals surface area contributed by atoms with Gasteiger partial charge in [-0.2, -0.15) is 4.98 Å². The Morgan fingerprint density at radius 3 is 2.58 bits per heavy atom. The molecule has 1 unspecified atom stereocenters. The van der Waals surface area contributed by atoms with Crippen LogP contribution in [-0.2, 0) is 9.84 Å². The zero-order chi connectivity index (χ0) is 13.5. The number of aromatic nitrogens is 3. The predicted octanol–water partition coefficient (Wildman–Crippen LogP) is 0.210. The number of nitrogens with zero attached hydrogens (tertiary/aromatic N) is 4. The van der Waals surface area contributed by atoms with Gasteiger partial charge in [-0.15, -0.1) is 5.10 Å². The van der Waals surface area contributed by atoms with Crippen molar-refractivity contribution < 1.29 is 8.42 Å². The van der Waals surface area contributed by atoms with Crippen LogP contribution in [0.15, 0.2) is 0 Å². The molecule has 2 N–H and O–H groups in total. The van der Waals surface area contributed by atoms with Crippen molar-refractivity contribution in [2.75, 3.05) is 35.2 Å². The third-order valence-corrected chi connectivity index (χ3v) is 5.59. The molecule has 3 heterocycles. The predicted molar refractivity (Wildman–Crippen MR) is 72.8 cm³/mol. The van der Waals surface area contributed by atoms with Gasteiger partial charge in [0.2, 0.25) is 11.9 Å². The average molecular weight is 285 g/mol. The Morgan fingerprint density at radius 2 is 1.95 bits per heavy atom. The maximum Gasteiger partial charge on any atom is 0.246 e. The van der Waals surface area contributed by atoms with Crippen LogP contribution >= 0.6 is 0 Å². The van der Waals surface area contributed by atoms with Gasteiger partial charge in [-0.1, -0.05) is 0 Å². The summed E-state index contributed by atoms with van der Waals surface area (Å²) >= 11 is 0. The zero-order valence-electron chi connectivity index (χ0n) is 10.8. The standard InChI is InChI=1S/C11H19N5O2S/c12-10-13-11(15-5-2-1-3-6-15)14-16(10)9-4-7-19(17,18)8-9/h9H,1-8H2,(H2,12,13,14). The number of nitrogen functional groups attached to an aromatic ring is 1. The van der Waals surface area contributed by atoms with Crippen LogP contribution in [0.2, 0.25) is 0 Å². The van der Waals surface area contributed by atoms with E-state index < -0.39 is 9.84 Å². The summed E-state index contributed by atoms with van der Waals surface area (Å²) in [6.07, 6.45) is 4.11. The molecule has 0 spiro atoms. The van der Waals surface area contributed by atoms with Crippen molar-refractivity contribution in [2.45, 2.75) is 31.7 Å². The van der Waals surface area contributed by atoms with Gasteiger partial charge >= 0.3 is 0 Å². The first-order chi connectivity index (χ1) is 9.05. The Labute approximate surface area is 112 Å². The molecule has 1 aromatic rings. The van der Waals surface area contributed by atoms with E-state index in [1.165, 1.54) is 6.42 Å². The van der Waals surface area contributed by atoms with E-state index in [4.69, 9.17) is 5.73 Å². The fourth-order valence-electron chi connectivity index (χ4n) is 2.79. The van der Waals surface area contributed by atoms with Crippen molar-refractivity contribution in [3.63, 3.8) is 0 Å². The van der Waals surface area contributed by atoms with E-state index in [-0.39, 0.29) is 17.5 Å². The van der Waals surface area contributed by atoms with E-state index in [9.17, 15) is 8.42 Å². The lowest BCUT2D eigenvalue weighted by molar-refractivity contribution is 0.500. The monoisotopic (exact) mass is 285 g/mol. The molecular weight excluding hydrogens is 266 g/mol. The molecule has 1 aromatic heterocycles. The number of hydrogen-bond donors (Lipinski definition) is 1. The molecular formula is C11H19N5O2S. The van der Waals surface area contributed by atoms with E-state index in [2.05, 4.69) is 15.0 Å². The summed E-state index contributed by atoms with van der Waals surface area (Å²) in [4.78, 5) is 6.41. The molecule has 2 saturated heterocycles. The number of piperidine rings is 1. The first kappa shape index (κ1) is 12.7. The molecule has 0 aromatic carbocycles. The van der Waals surface area contributed by atoms with E-state index in [0.29, 0.717) is 18.3 Å². The molecule has 0 bridgehead atoms. The smallest absolute Gasteiger partial charge is 0.246 e. The van der Waals surface area contributed by atoms with Gasteiger partial charge in [0.1, 0.15) is 0 Å². The van der Waals surface area contributed by atoms with E-state index in [1.54, 1.807) is 4.68 Å². The van der Waals surface area contributed by atoms with Crippen LogP contribution in [0.5, 0.6) is 0 Å². The summed E-state index contributed by atoms with van der Waals surface area (Å²) in [6.45, 7) is 1.90. The Bertz CT molecular complexity index is 562. The van der Waals surface area contributed by atoms with E-state index in [0.717, 1.165) is 25.9 Å². The highest BCUT2D eigenvalue weighted by Crippen LogP contribution is 2.26.